The number of benzene rings is 9. The van der Waals surface area contributed by atoms with Crippen molar-refractivity contribution >= 4 is 88.2 Å². The second-order valence-electron chi connectivity index (χ2n) is 19.8. The first kappa shape index (κ1) is 39.2. The summed E-state index contributed by atoms with van der Waals surface area (Å²) >= 11 is 0. The molecular weight excluding hydrogens is 1090 g/mol. The van der Waals surface area contributed by atoms with Gasteiger partial charge in [0.25, 0.3) is 0 Å². The molecule has 0 amide bonds. The van der Waals surface area contributed by atoms with Gasteiger partial charge in [-0.25, -0.2) is 4.98 Å². The topological polar surface area (TPSA) is 43.4 Å². The van der Waals surface area contributed by atoms with Gasteiger partial charge in [-0.15, -0.1) is 48.1 Å². The Hall–Kier alpha value is -8.38. The molecule has 362 valence electrons. The van der Waals surface area contributed by atoms with Gasteiger partial charge in [-0.3, -0.25) is 0 Å². The van der Waals surface area contributed by atoms with Gasteiger partial charge < -0.3 is 28.2 Å². The Balaban J connectivity index is 0.00000605. The van der Waals surface area contributed by atoms with Crippen LogP contribution in [0.2, 0.25) is 0 Å². The van der Waals surface area contributed by atoms with E-state index < -0.39 is 14.0 Å². The van der Waals surface area contributed by atoms with E-state index in [-0.39, 0.29) is 26.5 Å². The molecule has 4 aromatic heterocycles. The van der Waals surface area contributed by atoms with Crippen LogP contribution < -0.4 is 14.5 Å². The minimum atomic E-state index is -2.70. The number of hydrogen-bond acceptors (Lipinski definition) is 4. The van der Waals surface area contributed by atoms with E-state index >= 15 is 0 Å². The second-order valence-corrected chi connectivity index (χ2v) is 19.8. The molecule has 1 aliphatic rings. The third-order valence-electron chi connectivity index (χ3n) is 14.5. The third-order valence-corrected chi connectivity index (χ3v) is 14.5. The fourth-order valence-corrected chi connectivity index (χ4v) is 11.1. The Morgan fingerprint density at radius 3 is 1.82 bits per heavy atom. The van der Waals surface area contributed by atoms with Crippen LogP contribution in [0.3, 0.4) is 0 Å². The van der Waals surface area contributed by atoms with Crippen LogP contribution in [-0.4, -0.2) is 18.7 Å². The molecule has 8 heteroatoms. The zero-order chi connectivity index (χ0) is 54.1. The largest absolute Gasteiger partial charge is 0.509 e. The Labute approximate surface area is 452 Å². The van der Waals surface area contributed by atoms with Crippen molar-refractivity contribution in [3.63, 3.8) is 0 Å². The number of ether oxygens (including phenoxy) is 1. The first-order valence-corrected chi connectivity index (χ1v) is 24.5. The van der Waals surface area contributed by atoms with Crippen molar-refractivity contribution in [2.24, 2.45) is 14.0 Å². The van der Waals surface area contributed by atoms with Crippen molar-refractivity contribution < 1.29 is 34.0 Å². The summed E-state index contributed by atoms with van der Waals surface area (Å²) in [5.74, 6) is 1.68. The number of pyridine rings is 1. The molecule has 0 saturated carbocycles. The fraction of sp³-hybridized carbons (Fsp3) is 0.0909. The number of aryl methyl sites for hydroxylation is 2. The van der Waals surface area contributed by atoms with Gasteiger partial charge in [0.2, 0.25) is 0 Å². The van der Waals surface area contributed by atoms with E-state index in [4.69, 9.17) is 9.72 Å². The van der Waals surface area contributed by atoms with Gasteiger partial charge in [-0.2, -0.15) is 12.1 Å². The Bertz CT molecular complexity index is 4490. The maximum absolute atomic E-state index is 9.24. The van der Waals surface area contributed by atoms with Gasteiger partial charge >= 0.3 is 0 Å². The van der Waals surface area contributed by atoms with Gasteiger partial charge in [-0.1, -0.05) is 148 Å². The molecule has 9 aromatic carbocycles. The standard InChI is InChI=1S/C66H49N6O.Pt/c1-66(2,3)45-35-36-67-59(38-45)72-55-34-31-44(42-19-8-6-9-20-42)37-52(55)49-33-32-48(40-58(49)72)73-47-24-18-23-46(39-47)70-41-71(57-30-17-16-29-56(57)70)65-63-61(50-25-12-14-27-53(50)68(63)4)60(43-21-10-7-11-22-43)62-51-26-13-15-28-54(51)69(5)64(62)65;/h6-38,41H,1-5H3;/q-3;/i4D3,5D3;. The SMILES string of the molecule is [2H]C([2H])([2H])n1c2ccccc2c2c(-c3ccccc3)c3c4ccccc4n(C([2H])([2H])[2H])c3c(N3[CH-]N(c4[c-]c(Oc5[c-]c6c(cc5)c5cc(-c7ccccc7)ccc5n6-c5cc(C(C)(C)C)ccn5)ccc4)c4ccccc43)c21.[Pt]. The molecule has 0 fully saturated rings. The van der Waals surface area contributed by atoms with Crippen molar-refractivity contribution in [1.82, 2.24) is 18.7 Å². The quantitative estimate of drug-likeness (QED) is 0.149. The van der Waals surface area contributed by atoms with Crippen molar-refractivity contribution in [1.29, 1.82) is 0 Å². The zero-order valence-corrected chi connectivity index (χ0v) is 42.8. The van der Waals surface area contributed by atoms with E-state index in [2.05, 4.69) is 98.1 Å². The molecule has 0 bridgehead atoms. The second kappa shape index (κ2) is 17.4. The number of para-hydroxylation sites is 4. The van der Waals surface area contributed by atoms with Crippen LogP contribution in [0.5, 0.6) is 11.5 Å². The van der Waals surface area contributed by atoms with Crippen LogP contribution in [-0.2, 0) is 40.4 Å². The van der Waals surface area contributed by atoms with E-state index in [0.717, 1.165) is 71.9 Å². The number of rotatable bonds is 7. The summed E-state index contributed by atoms with van der Waals surface area (Å²) in [6, 6.07) is 70.8. The minimum Gasteiger partial charge on any atom is -0.509 e. The van der Waals surface area contributed by atoms with Gasteiger partial charge in [0.15, 0.2) is 0 Å². The van der Waals surface area contributed by atoms with Crippen molar-refractivity contribution in [3.8, 4) is 39.6 Å². The van der Waals surface area contributed by atoms with Gasteiger partial charge in [0.1, 0.15) is 5.82 Å². The van der Waals surface area contributed by atoms with Crippen LogP contribution in [0.4, 0.5) is 22.7 Å². The summed E-state index contributed by atoms with van der Waals surface area (Å²) in [6.07, 6.45) is 1.87. The Morgan fingerprint density at radius 2 is 1.15 bits per heavy atom. The molecule has 5 heterocycles. The third kappa shape index (κ3) is 7.01. The zero-order valence-electron chi connectivity index (χ0n) is 46.5. The van der Waals surface area contributed by atoms with Crippen LogP contribution in [0.25, 0.3) is 93.5 Å². The van der Waals surface area contributed by atoms with Crippen LogP contribution in [0.1, 0.15) is 34.6 Å². The molecular formula is C66H49N6OPt-3. The molecule has 7 nitrogen and oxygen atoms in total. The molecule has 0 N–H and O–H groups in total. The van der Waals surface area contributed by atoms with Crippen molar-refractivity contribution in [3.05, 3.63) is 225 Å². The molecule has 0 radical (unpaired) electrons. The Morgan fingerprint density at radius 1 is 0.527 bits per heavy atom. The molecule has 0 atom stereocenters. The molecule has 0 saturated heterocycles. The Kier molecular flexibility index (Phi) is 9.21. The van der Waals surface area contributed by atoms with Crippen LogP contribution in [0.15, 0.2) is 200 Å². The summed E-state index contributed by atoms with van der Waals surface area (Å²) in [5.41, 5.74) is 10.9. The summed E-state index contributed by atoms with van der Waals surface area (Å²) in [5, 5.41) is 4.91. The maximum atomic E-state index is 9.24. The average molecular weight is 1140 g/mol. The van der Waals surface area contributed by atoms with E-state index in [1.807, 2.05) is 156 Å². The van der Waals surface area contributed by atoms with Gasteiger partial charge in [-0.05, 0) is 75.5 Å². The fourth-order valence-electron chi connectivity index (χ4n) is 11.1. The number of anilines is 4. The summed E-state index contributed by atoms with van der Waals surface area (Å²) in [7, 11) is 0. The predicted octanol–water partition coefficient (Wildman–Crippen LogP) is 16.9. The van der Waals surface area contributed by atoms with E-state index in [0.29, 0.717) is 61.4 Å². The smallest absolute Gasteiger partial charge is 0.135 e. The minimum absolute atomic E-state index is 0. The monoisotopic (exact) mass is 1140 g/mol. The maximum Gasteiger partial charge on any atom is 0.135 e. The van der Waals surface area contributed by atoms with Gasteiger partial charge in [0.05, 0.1) is 16.7 Å². The number of fused-ring (bicyclic) bond motifs is 10. The number of nitrogens with zero attached hydrogens (tertiary/aromatic N) is 6. The van der Waals surface area contributed by atoms with E-state index in [9.17, 15) is 8.22 Å². The molecule has 74 heavy (non-hydrogen) atoms. The first-order valence-electron chi connectivity index (χ1n) is 27.5. The normalized spacial score (nSPS) is 14.3. The molecule has 0 spiro atoms. The van der Waals surface area contributed by atoms with Crippen LogP contribution >= 0.6 is 0 Å². The van der Waals surface area contributed by atoms with Crippen LogP contribution in [0, 0.1) is 18.8 Å². The van der Waals surface area contributed by atoms with E-state index in [1.165, 1.54) is 9.13 Å². The molecule has 13 aromatic rings. The first-order chi connectivity index (χ1) is 38.1. The van der Waals surface area contributed by atoms with Crippen molar-refractivity contribution in [2.45, 2.75) is 26.2 Å². The summed E-state index contributed by atoms with van der Waals surface area (Å²) in [4.78, 5) is 8.86. The molecule has 14 rings (SSSR count). The van der Waals surface area contributed by atoms with Crippen molar-refractivity contribution in [2.75, 3.05) is 9.80 Å². The summed E-state index contributed by atoms with van der Waals surface area (Å²) < 4.78 is 67.2. The number of hydrogen-bond donors (Lipinski definition) is 0. The summed E-state index contributed by atoms with van der Waals surface area (Å²) in [6.45, 7) is 3.11. The predicted molar refractivity (Wildman–Crippen MR) is 302 cm³/mol. The molecule has 0 aliphatic carbocycles. The van der Waals surface area contributed by atoms with E-state index in [1.54, 1.807) is 0 Å². The number of aromatic nitrogens is 4. The molecule has 0 unspecified atom stereocenters. The van der Waals surface area contributed by atoms with Gasteiger partial charge in [0, 0.05) is 116 Å². The molecule has 1 aliphatic heterocycles. The average Bonchev–Trinajstić information content (AvgIpc) is 4.39.